The van der Waals surface area contributed by atoms with E-state index < -0.39 is 11.4 Å². The number of benzene rings is 1. The zero-order valence-corrected chi connectivity index (χ0v) is 18.2. The van der Waals surface area contributed by atoms with Crippen molar-refractivity contribution < 1.29 is 19.0 Å². The average molecular weight is 435 g/mol. The van der Waals surface area contributed by atoms with Crippen molar-refractivity contribution in [3.63, 3.8) is 0 Å². The first-order valence-electron chi connectivity index (χ1n) is 11.0. The summed E-state index contributed by atoms with van der Waals surface area (Å²) in [4.78, 5) is 19.4. The number of allylic oxidation sites excluding steroid dienone is 1. The number of rotatable bonds is 3. The van der Waals surface area contributed by atoms with Crippen molar-refractivity contribution in [2.45, 2.75) is 44.8 Å². The quantitative estimate of drug-likeness (QED) is 0.710. The molecule has 166 valence electrons. The van der Waals surface area contributed by atoms with E-state index in [1.165, 1.54) is 12.1 Å². The van der Waals surface area contributed by atoms with Gasteiger partial charge < -0.3 is 20.1 Å². The molecule has 5 rings (SSSR count). The normalized spacial score (nSPS) is 24.1. The number of piperidine rings is 1. The number of nitrogens with zero attached hydrogens (tertiary/aromatic N) is 2. The summed E-state index contributed by atoms with van der Waals surface area (Å²) in [6.07, 6.45) is 6.80. The van der Waals surface area contributed by atoms with Crippen LogP contribution in [0.2, 0.25) is 0 Å². The summed E-state index contributed by atoms with van der Waals surface area (Å²) in [5, 5.41) is 12.5. The van der Waals surface area contributed by atoms with Gasteiger partial charge in [0.2, 0.25) is 0 Å². The number of pyridine rings is 1. The van der Waals surface area contributed by atoms with Crippen LogP contribution in [0.5, 0.6) is 0 Å². The van der Waals surface area contributed by atoms with Gasteiger partial charge in [0, 0.05) is 23.9 Å². The maximum Gasteiger partial charge on any atom is 0.260 e. The van der Waals surface area contributed by atoms with Gasteiger partial charge in [-0.05, 0) is 75.1 Å². The minimum atomic E-state index is -0.664. The summed E-state index contributed by atoms with van der Waals surface area (Å²) in [7, 11) is 0. The zero-order valence-electron chi connectivity index (χ0n) is 18.2. The standard InChI is InChI=1S/C25H26FN3O3/c1-25(2)19(15-8-9-27-22(11-15)29-10-4-3-5-17(29)14-30)13-21(32-25)23-18-7-6-16(26)12-20(18)28-24(23)31/h6-9,11-13,17,30H,3-5,10,14H2,1-2H3,(H,28,31). The van der Waals surface area contributed by atoms with Crippen molar-refractivity contribution in [2.24, 2.45) is 0 Å². The van der Waals surface area contributed by atoms with Gasteiger partial charge in [-0.2, -0.15) is 0 Å². The van der Waals surface area contributed by atoms with E-state index in [1.54, 1.807) is 12.3 Å². The number of carbonyl (C=O) groups is 1. The number of aromatic nitrogens is 1. The maximum atomic E-state index is 13.6. The van der Waals surface area contributed by atoms with E-state index in [2.05, 4.69) is 15.2 Å². The lowest BCUT2D eigenvalue weighted by Gasteiger charge is -2.36. The first kappa shape index (κ1) is 20.7. The Morgan fingerprint density at radius 2 is 2.12 bits per heavy atom. The minimum absolute atomic E-state index is 0.0741. The fourth-order valence-corrected chi connectivity index (χ4v) is 4.84. The number of ether oxygens (including phenoxy) is 1. The molecule has 1 aromatic carbocycles. The van der Waals surface area contributed by atoms with Gasteiger partial charge in [0.15, 0.2) is 0 Å². The lowest BCUT2D eigenvalue weighted by atomic mass is 9.92. The third-order valence-corrected chi connectivity index (χ3v) is 6.45. The van der Waals surface area contributed by atoms with Gasteiger partial charge in [0.05, 0.1) is 23.9 Å². The number of anilines is 2. The zero-order chi connectivity index (χ0) is 22.5. The molecule has 2 N–H and O–H groups in total. The molecule has 0 bridgehead atoms. The van der Waals surface area contributed by atoms with Crippen LogP contribution in [-0.4, -0.2) is 40.8 Å². The van der Waals surface area contributed by atoms with Crippen molar-refractivity contribution >= 4 is 28.6 Å². The van der Waals surface area contributed by atoms with Crippen LogP contribution >= 0.6 is 0 Å². The summed E-state index contributed by atoms with van der Waals surface area (Å²) in [6, 6.07) is 8.29. The second-order valence-corrected chi connectivity index (χ2v) is 8.98. The largest absolute Gasteiger partial charge is 0.482 e. The predicted molar refractivity (Wildman–Crippen MR) is 121 cm³/mol. The summed E-state index contributed by atoms with van der Waals surface area (Å²) in [5.74, 6) is 0.599. The SMILES string of the molecule is CC1(C)OC(=C2C(=O)Nc3cc(F)ccc32)C=C1c1ccnc(N2CCCCC2CO)c1. The molecule has 1 unspecified atom stereocenters. The summed E-state index contributed by atoms with van der Waals surface area (Å²) >= 11 is 0. The van der Waals surface area contributed by atoms with Crippen LogP contribution in [0.4, 0.5) is 15.9 Å². The van der Waals surface area contributed by atoms with Crippen molar-refractivity contribution in [1.29, 1.82) is 0 Å². The molecule has 6 nitrogen and oxygen atoms in total. The Morgan fingerprint density at radius 3 is 2.94 bits per heavy atom. The molecule has 0 spiro atoms. The molecule has 0 saturated carbocycles. The second kappa shape index (κ2) is 7.74. The van der Waals surface area contributed by atoms with Gasteiger partial charge in [-0.1, -0.05) is 0 Å². The molecule has 4 heterocycles. The topological polar surface area (TPSA) is 74.7 Å². The molecule has 1 aromatic heterocycles. The molecule has 0 aliphatic carbocycles. The van der Waals surface area contributed by atoms with Crippen molar-refractivity contribution in [3.8, 4) is 0 Å². The highest BCUT2D eigenvalue weighted by molar-refractivity contribution is 6.32. The van der Waals surface area contributed by atoms with E-state index >= 15 is 0 Å². The molecule has 3 aliphatic heterocycles. The summed E-state index contributed by atoms with van der Waals surface area (Å²) in [6.45, 7) is 4.89. The van der Waals surface area contributed by atoms with E-state index in [9.17, 15) is 14.3 Å². The van der Waals surface area contributed by atoms with Crippen molar-refractivity contribution in [2.75, 3.05) is 23.4 Å². The van der Waals surface area contributed by atoms with E-state index in [-0.39, 0.29) is 18.6 Å². The van der Waals surface area contributed by atoms with Gasteiger partial charge in [0.25, 0.3) is 5.91 Å². The molecule has 1 fully saturated rings. The first-order chi connectivity index (χ1) is 15.4. The van der Waals surface area contributed by atoms with Crippen LogP contribution in [0.1, 0.15) is 44.2 Å². The smallest absolute Gasteiger partial charge is 0.260 e. The van der Waals surface area contributed by atoms with E-state index in [1.807, 2.05) is 32.1 Å². The predicted octanol–water partition coefficient (Wildman–Crippen LogP) is 4.13. The Balaban J connectivity index is 1.56. The van der Waals surface area contributed by atoms with Crippen LogP contribution in [-0.2, 0) is 9.53 Å². The number of aliphatic hydroxyl groups excluding tert-OH is 1. The summed E-state index contributed by atoms with van der Waals surface area (Å²) in [5.41, 5.74) is 2.72. The molecule has 2 aromatic rings. The second-order valence-electron chi connectivity index (χ2n) is 8.98. The average Bonchev–Trinajstić information content (AvgIpc) is 3.27. The molecule has 0 radical (unpaired) electrons. The Labute approximate surface area is 186 Å². The van der Waals surface area contributed by atoms with Crippen LogP contribution in [0.25, 0.3) is 11.1 Å². The number of hydrogen-bond donors (Lipinski definition) is 2. The number of fused-ring (bicyclic) bond motifs is 1. The third kappa shape index (κ3) is 3.46. The Morgan fingerprint density at radius 1 is 1.28 bits per heavy atom. The monoisotopic (exact) mass is 435 g/mol. The molecule has 3 aliphatic rings. The van der Waals surface area contributed by atoms with Gasteiger partial charge in [-0.15, -0.1) is 0 Å². The summed E-state index contributed by atoms with van der Waals surface area (Å²) < 4.78 is 19.9. The number of aliphatic hydroxyl groups is 1. The number of nitrogens with one attached hydrogen (secondary N) is 1. The molecule has 1 saturated heterocycles. The highest BCUT2D eigenvalue weighted by Crippen LogP contribution is 2.44. The maximum absolute atomic E-state index is 13.6. The fourth-order valence-electron chi connectivity index (χ4n) is 4.84. The van der Waals surface area contributed by atoms with Gasteiger partial charge in [-0.3, -0.25) is 4.79 Å². The minimum Gasteiger partial charge on any atom is -0.482 e. The van der Waals surface area contributed by atoms with Crippen LogP contribution in [0, 0.1) is 5.82 Å². The van der Waals surface area contributed by atoms with Crippen molar-refractivity contribution in [1.82, 2.24) is 4.98 Å². The number of hydrogen-bond acceptors (Lipinski definition) is 5. The van der Waals surface area contributed by atoms with Crippen LogP contribution in [0.3, 0.4) is 0 Å². The molecular weight excluding hydrogens is 409 g/mol. The lowest BCUT2D eigenvalue weighted by Crippen LogP contribution is -2.42. The molecule has 1 amide bonds. The molecule has 32 heavy (non-hydrogen) atoms. The van der Waals surface area contributed by atoms with Gasteiger partial charge >= 0.3 is 0 Å². The third-order valence-electron chi connectivity index (χ3n) is 6.45. The molecule has 1 atom stereocenters. The number of halogens is 1. The van der Waals surface area contributed by atoms with Crippen molar-refractivity contribution in [3.05, 3.63) is 65.3 Å². The Kier molecular flexibility index (Phi) is 5.01. The van der Waals surface area contributed by atoms with Gasteiger partial charge in [0.1, 0.15) is 23.0 Å². The number of carbonyl (C=O) groups excluding carboxylic acids is 1. The van der Waals surface area contributed by atoms with E-state index in [4.69, 9.17) is 4.74 Å². The molecular formula is C25H26FN3O3. The van der Waals surface area contributed by atoms with Crippen LogP contribution < -0.4 is 10.2 Å². The molecule has 7 heteroatoms. The van der Waals surface area contributed by atoms with E-state index in [0.29, 0.717) is 22.6 Å². The Hall–Kier alpha value is -3.19. The number of amides is 1. The van der Waals surface area contributed by atoms with Gasteiger partial charge in [-0.25, -0.2) is 9.37 Å². The van der Waals surface area contributed by atoms with Crippen LogP contribution in [0.15, 0.2) is 48.4 Å². The lowest BCUT2D eigenvalue weighted by molar-refractivity contribution is -0.111. The Bertz CT molecular complexity index is 1150. The first-order valence-corrected chi connectivity index (χ1v) is 11.0. The highest BCUT2D eigenvalue weighted by atomic mass is 19.1. The van der Waals surface area contributed by atoms with E-state index in [0.717, 1.165) is 42.8 Å². The fraction of sp³-hybridized carbons (Fsp3) is 0.360. The highest BCUT2D eigenvalue weighted by Gasteiger charge is 2.38.